The molecule has 4 rings (SSSR count). The highest BCUT2D eigenvalue weighted by Gasteiger charge is 2.41. The van der Waals surface area contributed by atoms with Gasteiger partial charge in [-0.1, -0.05) is 18.0 Å². The zero-order valence-electron chi connectivity index (χ0n) is 16.7. The summed E-state index contributed by atoms with van der Waals surface area (Å²) in [5.41, 5.74) is -0.380. The first kappa shape index (κ1) is 19.4. The van der Waals surface area contributed by atoms with Crippen LogP contribution in [0.15, 0.2) is 4.52 Å². The SMILES string of the molecule is Cc1nc(CN2CC3(CCN(C(=O)CC4CCCC4)CC3)OCCC2=O)no1. The Morgan fingerprint density at radius 2 is 2.00 bits per heavy atom. The summed E-state index contributed by atoms with van der Waals surface area (Å²) in [6.07, 6.45) is 7.49. The zero-order chi connectivity index (χ0) is 19.6. The second-order valence-corrected chi connectivity index (χ2v) is 8.50. The van der Waals surface area contributed by atoms with Crippen LogP contribution >= 0.6 is 0 Å². The van der Waals surface area contributed by atoms with Gasteiger partial charge in [0.1, 0.15) is 0 Å². The lowest BCUT2D eigenvalue weighted by Crippen LogP contribution is -2.53. The van der Waals surface area contributed by atoms with Gasteiger partial charge in [-0.3, -0.25) is 9.59 Å². The van der Waals surface area contributed by atoms with E-state index in [9.17, 15) is 9.59 Å². The van der Waals surface area contributed by atoms with Crippen molar-refractivity contribution in [2.45, 2.75) is 70.4 Å². The van der Waals surface area contributed by atoms with Crippen molar-refractivity contribution >= 4 is 11.8 Å². The summed E-state index contributed by atoms with van der Waals surface area (Å²) in [4.78, 5) is 33.2. The molecule has 0 radical (unpaired) electrons. The number of amides is 2. The highest BCUT2D eigenvalue weighted by Crippen LogP contribution is 2.32. The minimum absolute atomic E-state index is 0.0547. The number of aryl methyl sites for hydroxylation is 1. The number of carbonyl (C=O) groups is 2. The average Bonchev–Trinajstić information content (AvgIpc) is 3.30. The molecule has 0 atom stereocenters. The standard InChI is InChI=1S/C20H30N4O4/c1-15-21-17(22-28-15)13-24-14-20(27-11-6-18(24)25)7-9-23(10-8-20)19(26)12-16-4-2-3-5-16/h16H,2-14H2,1H3. The van der Waals surface area contributed by atoms with E-state index in [-0.39, 0.29) is 17.4 Å². The lowest BCUT2D eigenvalue weighted by molar-refractivity contribution is -0.141. The molecule has 1 spiro atoms. The molecule has 1 aliphatic carbocycles. The number of ether oxygens (including phenoxy) is 1. The van der Waals surface area contributed by atoms with E-state index in [1.807, 2.05) is 4.90 Å². The summed E-state index contributed by atoms with van der Waals surface area (Å²) in [5, 5.41) is 3.92. The van der Waals surface area contributed by atoms with Crippen LogP contribution in [0, 0.1) is 12.8 Å². The fourth-order valence-electron chi connectivity index (χ4n) is 4.77. The van der Waals surface area contributed by atoms with E-state index in [1.54, 1.807) is 11.8 Å². The maximum Gasteiger partial charge on any atom is 0.225 e. The number of aromatic nitrogens is 2. The third-order valence-electron chi connectivity index (χ3n) is 6.42. The predicted octanol–water partition coefficient (Wildman–Crippen LogP) is 2.07. The molecule has 3 heterocycles. The first-order valence-corrected chi connectivity index (χ1v) is 10.5. The summed E-state index contributed by atoms with van der Waals surface area (Å²) < 4.78 is 11.2. The Labute approximate surface area is 165 Å². The molecule has 0 bridgehead atoms. The molecule has 3 fully saturated rings. The Kier molecular flexibility index (Phi) is 5.66. The Balaban J connectivity index is 1.36. The van der Waals surface area contributed by atoms with E-state index in [4.69, 9.17) is 9.26 Å². The third kappa shape index (κ3) is 4.37. The minimum Gasteiger partial charge on any atom is -0.372 e. The number of likely N-dealkylation sites (tertiary alicyclic amines) is 1. The number of hydrogen-bond donors (Lipinski definition) is 0. The number of piperidine rings is 1. The third-order valence-corrected chi connectivity index (χ3v) is 6.42. The van der Waals surface area contributed by atoms with Crippen molar-refractivity contribution in [2.75, 3.05) is 26.2 Å². The van der Waals surface area contributed by atoms with Crippen LogP contribution in [0.2, 0.25) is 0 Å². The Morgan fingerprint density at radius 1 is 1.25 bits per heavy atom. The normalized spacial score (nSPS) is 23.4. The summed E-state index contributed by atoms with van der Waals surface area (Å²) >= 11 is 0. The van der Waals surface area contributed by atoms with Crippen molar-refractivity contribution in [1.82, 2.24) is 19.9 Å². The van der Waals surface area contributed by atoms with Crippen LogP contribution in [-0.2, 0) is 20.9 Å². The molecule has 28 heavy (non-hydrogen) atoms. The molecule has 1 aromatic rings. The van der Waals surface area contributed by atoms with Gasteiger partial charge >= 0.3 is 0 Å². The van der Waals surface area contributed by atoms with E-state index in [2.05, 4.69) is 10.1 Å². The quantitative estimate of drug-likeness (QED) is 0.782. The Hall–Kier alpha value is -1.96. The highest BCUT2D eigenvalue weighted by molar-refractivity contribution is 5.77. The van der Waals surface area contributed by atoms with Gasteiger partial charge < -0.3 is 19.1 Å². The van der Waals surface area contributed by atoms with Gasteiger partial charge in [0.05, 0.1) is 31.7 Å². The van der Waals surface area contributed by atoms with Crippen LogP contribution in [0.1, 0.15) is 63.1 Å². The summed E-state index contributed by atoms with van der Waals surface area (Å²) in [5.74, 6) is 1.93. The first-order chi connectivity index (χ1) is 13.5. The number of hydrogen-bond acceptors (Lipinski definition) is 6. The lowest BCUT2D eigenvalue weighted by atomic mass is 9.89. The van der Waals surface area contributed by atoms with E-state index >= 15 is 0 Å². The van der Waals surface area contributed by atoms with Gasteiger partial charge in [0.25, 0.3) is 0 Å². The van der Waals surface area contributed by atoms with Crippen molar-refractivity contribution in [2.24, 2.45) is 5.92 Å². The molecule has 2 aliphatic heterocycles. The molecule has 1 aromatic heterocycles. The van der Waals surface area contributed by atoms with Crippen molar-refractivity contribution in [1.29, 1.82) is 0 Å². The molecule has 1 saturated carbocycles. The second kappa shape index (κ2) is 8.19. The number of rotatable bonds is 4. The topological polar surface area (TPSA) is 88.8 Å². The highest BCUT2D eigenvalue weighted by atomic mass is 16.5. The summed E-state index contributed by atoms with van der Waals surface area (Å²) in [6, 6.07) is 0. The number of nitrogens with zero attached hydrogens (tertiary/aromatic N) is 4. The molecule has 8 heteroatoms. The largest absolute Gasteiger partial charge is 0.372 e. The van der Waals surface area contributed by atoms with Gasteiger partial charge in [0.15, 0.2) is 5.82 Å². The molecule has 3 aliphatic rings. The molecule has 0 aromatic carbocycles. The summed E-state index contributed by atoms with van der Waals surface area (Å²) in [7, 11) is 0. The van der Waals surface area contributed by atoms with E-state index in [0.29, 0.717) is 63.3 Å². The monoisotopic (exact) mass is 390 g/mol. The molecule has 2 saturated heterocycles. The van der Waals surface area contributed by atoms with Crippen LogP contribution < -0.4 is 0 Å². The van der Waals surface area contributed by atoms with Gasteiger partial charge in [-0.2, -0.15) is 4.98 Å². The molecule has 0 N–H and O–H groups in total. The average molecular weight is 390 g/mol. The van der Waals surface area contributed by atoms with Crippen LogP contribution in [0.4, 0.5) is 0 Å². The zero-order valence-corrected chi connectivity index (χ0v) is 16.7. The van der Waals surface area contributed by atoms with Gasteiger partial charge in [-0.05, 0) is 31.6 Å². The molecular weight excluding hydrogens is 360 g/mol. The smallest absolute Gasteiger partial charge is 0.225 e. The van der Waals surface area contributed by atoms with E-state index in [0.717, 1.165) is 12.8 Å². The van der Waals surface area contributed by atoms with Crippen molar-refractivity contribution in [3.63, 3.8) is 0 Å². The summed E-state index contributed by atoms with van der Waals surface area (Å²) in [6.45, 7) is 4.43. The fraction of sp³-hybridized carbons (Fsp3) is 0.800. The number of carbonyl (C=O) groups excluding carboxylic acids is 2. The van der Waals surface area contributed by atoms with Gasteiger partial charge in [0, 0.05) is 26.4 Å². The Bertz CT molecular complexity index is 705. The minimum atomic E-state index is -0.380. The van der Waals surface area contributed by atoms with Crippen molar-refractivity contribution < 1.29 is 18.8 Å². The fourth-order valence-corrected chi connectivity index (χ4v) is 4.77. The van der Waals surface area contributed by atoms with E-state index < -0.39 is 0 Å². The van der Waals surface area contributed by atoms with Crippen LogP contribution in [0.5, 0.6) is 0 Å². The van der Waals surface area contributed by atoms with Gasteiger partial charge in [-0.15, -0.1) is 0 Å². The molecule has 154 valence electrons. The van der Waals surface area contributed by atoms with E-state index in [1.165, 1.54) is 25.7 Å². The maximum atomic E-state index is 12.6. The Morgan fingerprint density at radius 3 is 2.68 bits per heavy atom. The van der Waals surface area contributed by atoms with Gasteiger partial charge in [0.2, 0.25) is 17.7 Å². The van der Waals surface area contributed by atoms with Crippen LogP contribution in [0.25, 0.3) is 0 Å². The van der Waals surface area contributed by atoms with Crippen LogP contribution in [-0.4, -0.2) is 63.6 Å². The molecule has 8 nitrogen and oxygen atoms in total. The molecular formula is C20H30N4O4. The predicted molar refractivity (Wildman–Crippen MR) is 100 cm³/mol. The maximum absolute atomic E-state index is 12.6. The van der Waals surface area contributed by atoms with Crippen molar-refractivity contribution in [3.05, 3.63) is 11.7 Å². The van der Waals surface area contributed by atoms with Crippen molar-refractivity contribution in [3.8, 4) is 0 Å². The first-order valence-electron chi connectivity index (χ1n) is 10.5. The second-order valence-electron chi connectivity index (χ2n) is 8.50. The molecule has 2 amide bonds. The van der Waals surface area contributed by atoms with Crippen LogP contribution in [0.3, 0.4) is 0 Å². The lowest BCUT2D eigenvalue weighted by Gasteiger charge is -2.42. The molecule has 0 unspecified atom stereocenters. The van der Waals surface area contributed by atoms with Gasteiger partial charge in [-0.25, -0.2) is 0 Å².